The minimum atomic E-state index is 0. The number of aryl methyl sites for hydroxylation is 1. The second-order valence-corrected chi connectivity index (χ2v) is 9.48. The first-order chi connectivity index (χ1) is 21.8. The minimum absolute atomic E-state index is 0. The van der Waals surface area contributed by atoms with Crippen molar-refractivity contribution in [3.63, 3.8) is 0 Å². The standard InChI is InChI=1S/C17H10NO.C12H11N.C6H5.C5H5N.Ir/c1-2-10-16-12(6-1)13-7-5-8-14(17(13)19-16)15-9-3-4-11-18-15;1-13-10-6-5-9-12(13)11-7-3-2-4-8-11;2*1-2-4-6-5-3-1;/h1-7,9-11H;2-7,9-10H,1H3;2*1-5H;/q-1;;-1;;+3. The number of nitrogens with zero attached hydrogens (tertiary/aromatic N) is 3. The number of hydrogen-bond donors (Lipinski definition) is 0. The second kappa shape index (κ2) is 17.8. The molecule has 0 radical (unpaired) electrons. The van der Waals surface area contributed by atoms with E-state index in [0.29, 0.717) is 0 Å². The molecule has 4 aromatic heterocycles. The first-order valence-electron chi connectivity index (χ1n) is 14.2. The Kier molecular flexibility index (Phi) is 12.9. The first kappa shape index (κ1) is 32.7. The van der Waals surface area contributed by atoms with Crippen molar-refractivity contribution in [2.75, 3.05) is 0 Å². The molecule has 0 saturated carbocycles. The van der Waals surface area contributed by atoms with Gasteiger partial charge in [-0.05, 0) is 36.0 Å². The van der Waals surface area contributed by atoms with E-state index in [4.69, 9.17) is 4.42 Å². The molecule has 0 amide bonds. The molecule has 8 aromatic rings. The topological polar surface area (TPSA) is 42.8 Å². The molecule has 0 atom stereocenters. The fourth-order valence-corrected chi connectivity index (χ4v) is 4.40. The van der Waals surface area contributed by atoms with E-state index in [1.54, 1.807) is 18.6 Å². The van der Waals surface area contributed by atoms with Crippen molar-refractivity contribution in [2.45, 2.75) is 0 Å². The van der Waals surface area contributed by atoms with E-state index in [1.807, 2.05) is 141 Å². The van der Waals surface area contributed by atoms with Crippen molar-refractivity contribution in [3.05, 3.63) is 189 Å². The van der Waals surface area contributed by atoms with Gasteiger partial charge in [-0.3, -0.25) is 4.98 Å². The molecule has 220 valence electrons. The molecule has 4 heterocycles. The van der Waals surface area contributed by atoms with E-state index in [1.165, 1.54) is 5.69 Å². The summed E-state index contributed by atoms with van der Waals surface area (Å²) in [4.78, 5) is 8.16. The van der Waals surface area contributed by atoms with Crippen molar-refractivity contribution < 1.29 is 29.1 Å². The molecule has 4 aromatic carbocycles. The van der Waals surface area contributed by atoms with E-state index in [2.05, 4.69) is 50.9 Å². The number of pyridine rings is 3. The van der Waals surface area contributed by atoms with Crippen LogP contribution in [-0.4, -0.2) is 9.97 Å². The van der Waals surface area contributed by atoms with E-state index in [-0.39, 0.29) is 20.1 Å². The molecule has 8 rings (SSSR count). The molecule has 4 nitrogen and oxygen atoms in total. The van der Waals surface area contributed by atoms with E-state index >= 15 is 0 Å². The van der Waals surface area contributed by atoms with Gasteiger partial charge in [0.25, 0.3) is 0 Å². The summed E-state index contributed by atoms with van der Waals surface area (Å²) in [6, 6.07) is 56.7. The predicted octanol–water partition coefficient (Wildman–Crippen LogP) is 8.99. The van der Waals surface area contributed by atoms with Crippen LogP contribution in [0, 0.1) is 18.2 Å². The van der Waals surface area contributed by atoms with Crippen molar-refractivity contribution in [1.82, 2.24) is 9.97 Å². The van der Waals surface area contributed by atoms with E-state index in [9.17, 15) is 0 Å². The van der Waals surface area contributed by atoms with Crippen LogP contribution < -0.4 is 4.57 Å². The van der Waals surface area contributed by atoms with Crippen molar-refractivity contribution >= 4 is 21.9 Å². The van der Waals surface area contributed by atoms with Crippen LogP contribution in [0.2, 0.25) is 0 Å². The van der Waals surface area contributed by atoms with Gasteiger partial charge < -0.3 is 9.40 Å². The third-order valence-electron chi connectivity index (χ3n) is 6.47. The van der Waals surface area contributed by atoms with Crippen LogP contribution in [0.3, 0.4) is 0 Å². The van der Waals surface area contributed by atoms with Gasteiger partial charge in [0.1, 0.15) is 18.3 Å². The Balaban J connectivity index is 0.000000153. The Morgan fingerprint density at radius 1 is 0.600 bits per heavy atom. The van der Waals surface area contributed by atoms with E-state index < -0.39 is 0 Å². The van der Waals surface area contributed by atoms with Crippen LogP contribution in [0.1, 0.15) is 0 Å². The van der Waals surface area contributed by atoms with Gasteiger partial charge in [0.2, 0.25) is 0 Å². The summed E-state index contributed by atoms with van der Waals surface area (Å²) in [5.41, 5.74) is 5.85. The number of fused-ring (bicyclic) bond motifs is 3. The molecule has 0 bridgehead atoms. The summed E-state index contributed by atoms with van der Waals surface area (Å²) in [6.45, 7) is 0. The van der Waals surface area contributed by atoms with Crippen LogP contribution in [-0.2, 0) is 27.2 Å². The first-order valence-corrected chi connectivity index (χ1v) is 14.2. The molecule has 5 heteroatoms. The quantitative estimate of drug-likeness (QED) is 0.131. The van der Waals surface area contributed by atoms with E-state index in [0.717, 1.165) is 38.8 Å². The maximum absolute atomic E-state index is 5.97. The molecule has 0 aliphatic heterocycles. The summed E-state index contributed by atoms with van der Waals surface area (Å²) in [5.74, 6) is 0. The number of rotatable bonds is 2. The van der Waals surface area contributed by atoms with Gasteiger partial charge in [-0.25, -0.2) is 4.57 Å². The fraction of sp³-hybridized carbons (Fsp3) is 0.0250. The summed E-state index contributed by atoms with van der Waals surface area (Å²) in [5, 5.41) is 2.23. The fourth-order valence-electron chi connectivity index (χ4n) is 4.40. The maximum atomic E-state index is 5.97. The van der Waals surface area contributed by atoms with Gasteiger partial charge in [-0.2, -0.15) is 36.4 Å². The van der Waals surface area contributed by atoms with Crippen LogP contribution in [0.15, 0.2) is 175 Å². The van der Waals surface area contributed by atoms with Gasteiger partial charge in [-0.1, -0.05) is 59.0 Å². The van der Waals surface area contributed by atoms with Gasteiger partial charge >= 0.3 is 20.1 Å². The van der Waals surface area contributed by atoms with Crippen LogP contribution in [0.25, 0.3) is 44.5 Å². The summed E-state index contributed by atoms with van der Waals surface area (Å²) in [6.07, 6.45) is 7.32. The number of hydrogen-bond acceptors (Lipinski definition) is 3. The molecule has 0 N–H and O–H groups in total. The maximum Gasteiger partial charge on any atom is 3.00 e. The third-order valence-corrected chi connectivity index (χ3v) is 6.47. The van der Waals surface area contributed by atoms with Crippen molar-refractivity contribution in [3.8, 4) is 22.5 Å². The Morgan fingerprint density at radius 2 is 1.31 bits per heavy atom. The molecular formula is C40H31IrN3O+. The summed E-state index contributed by atoms with van der Waals surface area (Å²) >= 11 is 0. The summed E-state index contributed by atoms with van der Waals surface area (Å²) < 4.78 is 8.06. The smallest absolute Gasteiger partial charge is 0.501 e. The average Bonchev–Trinajstić information content (AvgIpc) is 3.51. The molecule has 0 unspecified atom stereocenters. The third kappa shape index (κ3) is 9.38. The van der Waals surface area contributed by atoms with Crippen LogP contribution in [0.4, 0.5) is 0 Å². The molecule has 0 aliphatic rings. The van der Waals surface area contributed by atoms with Gasteiger partial charge in [0, 0.05) is 30.0 Å². The van der Waals surface area contributed by atoms with Crippen LogP contribution >= 0.6 is 0 Å². The van der Waals surface area contributed by atoms with Gasteiger partial charge in [0.15, 0.2) is 6.20 Å². The minimum Gasteiger partial charge on any atom is -0.501 e. The number of aromatic nitrogens is 3. The van der Waals surface area contributed by atoms with Crippen molar-refractivity contribution in [2.24, 2.45) is 7.05 Å². The zero-order valence-corrected chi connectivity index (χ0v) is 27.1. The second-order valence-electron chi connectivity index (χ2n) is 9.48. The SMILES string of the molecule is C[n+]1ccccc1-c1[c-]cccc1.[Ir+3].[c-]1ccc2c(oc3ccccc32)c1-c1ccccn1.[c-]1ccccc1.c1ccncc1. The molecule has 0 spiro atoms. The van der Waals surface area contributed by atoms with Gasteiger partial charge in [-0.15, -0.1) is 48.5 Å². The Morgan fingerprint density at radius 3 is 1.93 bits per heavy atom. The molecule has 0 saturated heterocycles. The summed E-state index contributed by atoms with van der Waals surface area (Å²) in [7, 11) is 2.04. The molecule has 0 fully saturated rings. The predicted molar refractivity (Wildman–Crippen MR) is 177 cm³/mol. The molecular weight excluding hydrogens is 731 g/mol. The normalized spacial score (nSPS) is 9.71. The average molecular weight is 762 g/mol. The molecule has 45 heavy (non-hydrogen) atoms. The number of para-hydroxylation sites is 1. The zero-order chi connectivity index (χ0) is 30.2. The molecule has 0 aliphatic carbocycles. The largest absolute Gasteiger partial charge is 3.00 e. The zero-order valence-electron chi connectivity index (χ0n) is 24.7. The number of furan rings is 1. The van der Waals surface area contributed by atoms with Gasteiger partial charge in [0.05, 0.1) is 5.58 Å². The number of benzene rings is 4. The van der Waals surface area contributed by atoms with Crippen molar-refractivity contribution in [1.29, 1.82) is 0 Å². The monoisotopic (exact) mass is 762 g/mol. The Hall–Kier alpha value is -5.22. The Labute approximate surface area is 278 Å². The Bertz CT molecular complexity index is 1880. The van der Waals surface area contributed by atoms with Crippen LogP contribution in [0.5, 0.6) is 0 Å².